The minimum absolute atomic E-state index is 0. The van der Waals surface area contributed by atoms with E-state index in [2.05, 4.69) is 5.32 Å². The highest BCUT2D eigenvalue weighted by atomic mass is 35.5. The third-order valence-electron chi connectivity index (χ3n) is 4.00. The predicted octanol–water partition coefficient (Wildman–Crippen LogP) is 3.68. The predicted molar refractivity (Wildman–Crippen MR) is 110 cm³/mol. The van der Waals surface area contributed by atoms with Gasteiger partial charge in [-0.1, -0.05) is 13.0 Å². The van der Waals surface area contributed by atoms with Gasteiger partial charge in [-0.05, 0) is 60.9 Å². The van der Waals surface area contributed by atoms with Gasteiger partial charge < -0.3 is 20.5 Å². The van der Waals surface area contributed by atoms with E-state index in [-0.39, 0.29) is 24.2 Å². The number of halogens is 1. The number of benzene rings is 2. The average molecular weight is 392 g/mol. The van der Waals surface area contributed by atoms with Crippen LogP contribution in [-0.2, 0) is 16.0 Å². The highest BCUT2D eigenvalue weighted by molar-refractivity contribution is 5.95. The number of esters is 1. The van der Waals surface area contributed by atoms with E-state index in [9.17, 15) is 4.79 Å². The molecule has 1 unspecified atom stereocenters. The molecule has 27 heavy (non-hydrogen) atoms. The second kappa shape index (κ2) is 10.4. The molecule has 2 aromatic carbocycles. The summed E-state index contributed by atoms with van der Waals surface area (Å²) in [5.41, 5.74) is 8.68. The van der Waals surface area contributed by atoms with Crippen LogP contribution in [0.25, 0.3) is 0 Å². The van der Waals surface area contributed by atoms with Crippen molar-refractivity contribution in [3.63, 3.8) is 0 Å². The lowest BCUT2D eigenvalue weighted by Gasteiger charge is -2.20. The Balaban J connectivity index is 0.00000364. The summed E-state index contributed by atoms with van der Waals surface area (Å²) >= 11 is 0. The molecule has 0 fully saturated rings. The summed E-state index contributed by atoms with van der Waals surface area (Å²) in [4.78, 5) is 12.5. The van der Waals surface area contributed by atoms with Crippen LogP contribution >= 0.6 is 12.4 Å². The van der Waals surface area contributed by atoms with Crippen LogP contribution in [0.2, 0.25) is 0 Å². The van der Waals surface area contributed by atoms with Crippen molar-refractivity contribution in [3.8, 4) is 5.75 Å². The molecule has 2 rings (SSSR count). The molecular weight excluding hydrogens is 366 g/mol. The van der Waals surface area contributed by atoms with E-state index in [1.807, 2.05) is 25.1 Å². The first kappa shape index (κ1) is 22.3. The fourth-order valence-electron chi connectivity index (χ4n) is 2.59. The first-order valence-electron chi connectivity index (χ1n) is 8.54. The minimum atomic E-state index is -0.668. The van der Waals surface area contributed by atoms with Gasteiger partial charge in [0.2, 0.25) is 0 Å². The molecule has 2 aromatic rings. The summed E-state index contributed by atoms with van der Waals surface area (Å²) in [6.45, 7) is 4.12. The molecule has 0 saturated heterocycles. The molecular formula is C20H26ClN3O3. The number of nitrogen functional groups attached to an aromatic ring is 1. The van der Waals surface area contributed by atoms with Gasteiger partial charge in [-0.2, -0.15) is 0 Å². The van der Waals surface area contributed by atoms with Crippen LogP contribution in [0.4, 0.5) is 5.69 Å². The maximum Gasteiger partial charge on any atom is 0.333 e. The number of ether oxygens (including phenoxy) is 2. The molecule has 0 saturated carbocycles. The number of hydrogen-bond acceptors (Lipinski definition) is 5. The second-order valence-corrected chi connectivity index (χ2v) is 5.79. The van der Waals surface area contributed by atoms with Crippen molar-refractivity contribution < 1.29 is 14.3 Å². The van der Waals surface area contributed by atoms with Gasteiger partial charge >= 0.3 is 5.97 Å². The number of anilines is 1. The Labute approximate surface area is 166 Å². The van der Waals surface area contributed by atoms with Crippen LogP contribution in [0.1, 0.15) is 36.6 Å². The van der Waals surface area contributed by atoms with E-state index in [0.29, 0.717) is 17.9 Å². The summed E-state index contributed by atoms with van der Waals surface area (Å²) in [5.74, 6) is 0.333. The van der Waals surface area contributed by atoms with Crippen LogP contribution in [0.15, 0.2) is 42.5 Å². The average Bonchev–Trinajstić information content (AvgIpc) is 2.66. The Morgan fingerprint density at radius 1 is 1.19 bits per heavy atom. The van der Waals surface area contributed by atoms with Crippen molar-refractivity contribution in [2.45, 2.75) is 26.3 Å². The summed E-state index contributed by atoms with van der Waals surface area (Å²) < 4.78 is 10.6. The Morgan fingerprint density at radius 2 is 1.85 bits per heavy atom. The Kier molecular flexibility index (Phi) is 8.62. The van der Waals surface area contributed by atoms with Crippen molar-refractivity contribution in [1.82, 2.24) is 0 Å². The van der Waals surface area contributed by atoms with E-state index in [1.54, 1.807) is 38.3 Å². The lowest BCUT2D eigenvalue weighted by molar-refractivity contribution is -0.144. The van der Waals surface area contributed by atoms with Crippen molar-refractivity contribution in [1.29, 1.82) is 5.41 Å². The number of hydrogen-bond donors (Lipinski definition) is 3. The van der Waals surface area contributed by atoms with Crippen LogP contribution in [0.5, 0.6) is 5.75 Å². The van der Waals surface area contributed by atoms with E-state index >= 15 is 0 Å². The van der Waals surface area contributed by atoms with Gasteiger partial charge in [0.25, 0.3) is 0 Å². The largest absolute Gasteiger partial charge is 0.497 e. The standard InChI is InChI=1S/C20H25N3O3.ClH/c1-4-13-10-15(12-17(11-13)25-3)18(20(24)26-5-2)23-16-8-6-14(7-9-16)19(21)22;/h6-12,18,23H,4-5H2,1-3H3,(H3,21,22);1H. The first-order chi connectivity index (χ1) is 12.5. The molecule has 0 aliphatic carbocycles. The summed E-state index contributed by atoms with van der Waals surface area (Å²) in [7, 11) is 1.60. The van der Waals surface area contributed by atoms with Crippen molar-refractivity contribution in [2.75, 3.05) is 19.0 Å². The van der Waals surface area contributed by atoms with Gasteiger partial charge in [0.1, 0.15) is 11.6 Å². The van der Waals surface area contributed by atoms with Crippen LogP contribution in [-0.4, -0.2) is 25.5 Å². The third-order valence-corrected chi connectivity index (χ3v) is 4.00. The molecule has 0 spiro atoms. The molecule has 0 radical (unpaired) electrons. The van der Waals surface area contributed by atoms with E-state index in [4.69, 9.17) is 20.6 Å². The second-order valence-electron chi connectivity index (χ2n) is 5.79. The van der Waals surface area contributed by atoms with Crippen molar-refractivity contribution in [2.24, 2.45) is 5.73 Å². The van der Waals surface area contributed by atoms with Gasteiger partial charge in [-0.3, -0.25) is 5.41 Å². The topological polar surface area (TPSA) is 97.4 Å². The lowest BCUT2D eigenvalue weighted by atomic mass is 10.0. The Bertz CT molecular complexity index is 756. The normalized spacial score (nSPS) is 11.1. The maximum absolute atomic E-state index is 12.5. The fraction of sp³-hybridized carbons (Fsp3) is 0.300. The Hall–Kier alpha value is -2.73. The smallest absolute Gasteiger partial charge is 0.333 e. The highest BCUT2D eigenvalue weighted by Crippen LogP contribution is 2.27. The molecule has 0 amide bonds. The molecule has 0 bridgehead atoms. The van der Waals surface area contributed by atoms with Gasteiger partial charge in [-0.15, -0.1) is 12.4 Å². The van der Waals surface area contributed by atoms with Gasteiger partial charge in [0, 0.05) is 11.3 Å². The number of amidine groups is 1. The van der Waals surface area contributed by atoms with E-state index < -0.39 is 6.04 Å². The third kappa shape index (κ3) is 5.89. The Morgan fingerprint density at radius 3 is 2.37 bits per heavy atom. The lowest BCUT2D eigenvalue weighted by Crippen LogP contribution is -2.23. The van der Waals surface area contributed by atoms with Crippen LogP contribution in [0.3, 0.4) is 0 Å². The molecule has 0 aromatic heterocycles. The number of methoxy groups -OCH3 is 1. The zero-order valence-electron chi connectivity index (χ0n) is 15.7. The summed E-state index contributed by atoms with van der Waals surface area (Å²) in [6, 6.07) is 12.1. The summed E-state index contributed by atoms with van der Waals surface area (Å²) in [6.07, 6.45) is 0.826. The number of nitrogens with two attached hydrogens (primary N) is 1. The van der Waals surface area contributed by atoms with Crippen LogP contribution < -0.4 is 15.8 Å². The molecule has 0 aliphatic heterocycles. The molecule has 6 nitrogen and oxygen atoms in total. The summed E-state index contributed by atoms with van der Waals surface area (Å²) in [5, 5.41) is 10.7. The molecule has 146 valence electrons. The quantitative estimate of drug-likeness (QED) is 0.362. The molecule has 4 N–H and O–H groups in total. The van der Waals surface area contributed by atoms with E-state index in [0.717, 1.165) is 23.2 Å². The van der Waals surface area contributed by atoms with Gasteiger partial charge in [0.05, 0.1) is 13.7 Å². The number of nitrogens with one attached hydrogen (secondary N) is 2. The molecule has 1 atom stereocenters. The number of aryl methyl sites for hydroxylation is 1. The SMILES string of the molecule is CCOC(=O)C(Nc1ccc(C(=N)N)cc1)c1cc(CC)cc(OC)c1.Cl. The first-order valence-corrected chi connectivity index (χ1v) is 8.54. The monoisotopic (exact) mass is 391 g/mol. The molecule has 0 heterocycles. The molecule has 7 heteroatoms. The number of rotatable bonds is 8. The van der Waals surface area contributed by atoms with Crippen molar-refractivity contribution >= 4 is 29.9 Å². The van der Waals surface area contributed by atoms with Gasteiger partial charge in [-0.25, -0.2) is 4.79 Å². The number of carbonyl (C=O) groups excluding carboxylic acids is 1. The van der Waals surface area contributed by atoms with Crippen LogP contribution in [0, 0.1) is 5.41 Å². The van der Waals surface area contributed by atoms with Crippen molar-refractivity contribution in [3.05, 3.63) is 59.2 Å². The zero-order valence-corrected chi connectivity index (χ0v) is 16.6. The highest BCUT2D eigenvalue weighted by Gasteiger charge is 2.23. The number of carbonyl (C=O) groups is 1. The fourth-order valence-corrected chi connectivity index (χ4v) is 2.59. The van der Waals surface area contributed by atoms with E-state index in [1.165, 1.54) is 0 Å². The molecule has 0 aliphatic rings. The maximum atomic E-state index is 12.5. The minimum Gasteiger partial charge on any atom is -0.497 e. The zero-order chi connectivity index (χ0) is 19.1. The van der Waals surface area contributed by atoms with Gasteiger partial charge in [0.15, 0.2) is 6.04 Å².